The highest BCUT2D eigenvalue weighted by atomic mass is 16.5. The van der Waals surface area contributed by atoms with Crippen molar-refractivity contribution >= 4 is 11.8 Å². The summed E-state index contributed by atoms with van der Waals surface area (Å²) in [5.41, 5.74) is 0.360. The molecule has 1 aliphatic rings. The molecule has 0 radical (unpaired) electrons. The Balaban J connectivity index is 1.33. The number of aromatic nitrogens is 2. The monoisotopic (exact) mass is 368 g/mol. The number of rotatable bonds is 7. The van der Waals surface area contributed by atoms with Crippen molar-refractivity contribution in [2.45, 2.75) is 31.7 Å². The van der Waals surface area contributed by atoms with Crippen LogP contribution < -0.4 is 10.1 Å². The molecule has 2 amide bonds. The summed E-state index contributed by atoms with van der Waals surface area (Å²) in [4.78, 5) is 34.2. The molecule has 27 heavy (non-hydrogen) atoms. The fourth-order valence-electron chi connectivity index (χ4n) is 3.04. The molecule has 1 aliphatic heterocycles. The number of carbonyl (C=O) groups is 2. The zero-order valence-corrected chi connectivity index (χ0v) is 15.2. The van der Waals surface area contributed by atoms with Crippen molar-refractivity contribution in [1.82, 2.24) is 20.2 Å². The Bertz CT molecular complexity index is 731. The van der Waals surface area contributed by atoms with Crippen LogP contribution in [0.15, 0.2) is 48.9 Å². The quantitative estimate of drug-likeness (QED) is 0.756. The minimum absolute atomic E-state index is 0.0327. The van der Waals surface area contributed by atoms with Gasteiger partial charge in [0.1, 0.15) is 11.4 Å². The van der Waals surface area contributed by atoms with E-state index >= 15 is 0 Å². The van der Waals surface area contributed by atoms with Gasteiger partial charge < -0.3 is 15.0 Å². The lowest BCUT2D eigenvalue weighted by molar-refractivity contribution is -0.122. The Hall–Kier alpha value is -2.96. The molecule has 2 aromatic rings. The number of para-hydroxylation sites is 1. The third-order valence-electron chi connectivity index (χ3n) is 4.49. The van der Waals surface area contributed by atoms with Gasteiger partial charge in [0, 0.05) is 37.9 Å². The van der Waals surface area contributed by atoms with E-state index in [-0.39, 0.29) is 17.9 Å². The van der Waals surface area contributed by atoms with Crippen LogP contribution in [0, 0.1) is 0 Å². The van der Waals surface area contributed by atoms with Crippen molar-refractivity contribution in [3.05, 3.63) is 54.6 Å². The largest absolute Gasteiger partial charge is 0.494 e. The molecule has 7 heteroatoms. The maximum absolute atomic E-state index is 12.3. The van der Waals surface area contributed by atoms with Crippen LogP contribution in [0.2, 0.25) is 0 Å². The first-order valence-electron chi connectivity index (χ1n) is 9.25. The number of nitrogens with zero attached hydrogens (tertiary/aromatic N) is 3. The zero-order chi connectivity index (χ0) is 18.9. The number of ether oxygens (including phenoxy) is 1. The summed E-state index contributed by atoms with van der Waals surface area (Å²) in [6, 6.07) is 9.68. The number of likely N-dealkylation sites (tertiary alicyclic amines) is 1. The predicted molar refractivity (Wildman–Crippen MR) is 100 cm³/mol. The van der Waals surface area contributed by atoms with E-state index in [2.05, 4.69) is 15.3 Å². The zero-order valence-electron chi connectivity index (χ0n) is 15.2. The number of carbonyl (C=O) groups excluding carboxylic acids is 2. The summed E-state index contributed by atoms with van der Waals surface area (Å²) in [6.45, 7) is 1.73. The lowest BCUT2D eigenvalue weighted by Crippen LogP contribution is -2.46. The highest BCUT2D eigenvalue weighted by Crippen LogP contribution is 2.13. The molecule has 7 nitrogen and oxygen atoms in total. The molecule has 1 aromatic carbocycles. The molecule has 0 bridgehead atoms. The Labute approximate surface area is 158 Å². The standard InChI is InChI=1S/C20H24N4O3/c25-19(7-4-14-27-17-5-2-1-3-6-17)23-16-8-12-24(13-9-16)20(26)18-15-21-10-11-22-18/h1-3,5-6,10-11,15-16H,4,7-9,12-14H2,(H,23,25). The average Bonchev–Trinajstić information content (AvgIpc) is 2.73. The van der Waals surface area contributed by atoms with Gasteiger partial charge in [-0.05, 0) is 31.4 Å². The van der Waals surface area contributed by atoms with E-state index in [0.29, 0.717) is 38.2 Å². The fraction of sp³-hybridized carbons (Fsp3) is 0.400. The summed E-state index contributed by atoms with van der Waals surface area (Å²) in [7, 11) is 0. The van der Waals surface area contributed by atoms with Crippen LogP contribution in [-0.2, 0) is 4.79 Å². The SMILES string of the molecule is O=C(CCCOc1ccccc1)NC1CCN(C(=O)c2cnccn2)CC1. The van der Waals surface area contributed by atoms with Gasteiger partial charge in [0.25, 0.3) is 5.91 Å². The average molecular weight is 368 g/mol. The molecule has 3 rings (SSSR count). The van der Waals surface area contributed by atoms with Crippen LogP contribution in [-0.4, -0.2) is 52.4 Å². The first-order chi connectivity index (χ1) is 13.2. The molecule has 0 saturated carbocycles. The maximum Gasteiger partial charge on any atom is 0.274 e. The van der Waals surface area contributed by atoms with Crippen molar-refractivity contribution in [2.75, 3.05) is 19.7 Å². The highest BCUT2D eigenvalue weighted by Gasteiger charge is 2.25. The van der Waals surface area contributed by atoms with Crippen molar-refractivity contribution < 1.29 is 14.3 Å². The van der Waals surface area contributed by atoms with Crippen molar-refractivity contribution in [2.24, 2.45) is 0 Å². The molecule has 0 spiro atoms. The highest BCUT2D eigenvalue weighted by molar-refractivity contribution is 5.92. The normalized spacial score (nSPS) is 14.6. The predicted octanol–water partition coefficient (Wildman–Crippen LogP) is 2.06. The van der Waals surface area contributed by atoms with Gasteiger partial charge in [-0.2, -0.15) is 0 Å². The Morgan fingerprint density at radius 3 is 2.63 bits per heavy atom. The number of nitrogens with one attached hydrogen (secondary N) is 1. The lowest BCUT2D eigenvalue weighted by atomic mass is 10.0. The summed E-state index contributed by atoms with van der Waals surface area (Å²) in [5.74, 6) is 0.745. The first-order valence-corrected chi connectivity index (χ1v) is 9.25. The molecule has 142 valence electrons. The molecule has 0 unspecified atom stereocenters. The van der Waals surface area contributed by atoms with Crippen LogP contribution in [0.1, 0.15) is 36.2 Å². The topological polar surface area (TPSA) is 84.4 Å². The summed E-state index contributed by atoms with van der Waals surface area (Å²) in [6.07, 6.45) is 7.14. The molecule has 1 N–H and O–H groups in total. The van der Waals surface area contributed by atoms with Crippen molar-refractivity contribution in [1.29, 1.82) is 0 Å². The smallest absolute Gasteiger partial charge is 0.274 e. The van der Waals surface area contributed by atoms with Crippen molar-refractivity contribution in [3.8, 4) is 5.75 Å². The van der Waals surface area contributed by atoms with E-state index in [1.165, 1.54) is 12.4 Å². The van der Waals surface area contributed by atoms with Crippen LogP contribution in [0.4, 0.5) is 0 Å². The second kappa shape index (κ2) is 9.66. The third-order valence-corrected chi connectivity index (χ3v) is 4.49. The fourth-order valence-corrected chi connectivity index (χ4v) is 3.04. The Morgan fingerprint density at radius 2 is 1.93 bits per heavy atom. The Kier molecular flexibility index (Phi) is 6.73. The molecular weight excluding hydrogens is 344 g/mol. The Morgan fingerprint density at radius 1 is 1.15 bits per heavy atom. The number of hydrogen-bond acceptors (Lipinski definition) is 5. The van der Waals surface area contributed by atoms with Crippen LogP contribution >= 0.6 is 0 Å². The molecular formula is C20H24N4O3. The molecule has 1 saturated heterocycles. The molecule has 1 fully saturated rings. The molecule has 2 heterocycles. The van der Waals surface area contributed by atoms with E-state index in [9.17, 15) is 9.59 Å². The summed E-state index contributed by atoms with van der Waals surface area (Å²) in [5, 5.41) is 3.06. The van der Waals surface area contributed by atoms with Gasteiger partial charge in [0.15, 0.2) is 0 Å². The minimum Gasteiger partial charge on any atom is -0.494 e. The van der Waals surface area contributed by atoms with Gasteiger partial charge in [0.05, 0.1) is 12.8 Å². The van der Waals surface area contributed by atoms with E-state index < -0.39 is 0 Å². The van der Waals surface area contributed by atoms with E-state index in [0.717, 1.165) is 18.6 Å². The van der Waals surface area contributed by atoms with E-state index in [1.807, 2.05) is 30.3 Å². The minimum atomic E-state index is -0.106. The van der Waals surface area contributed by atoms with E-state index in [1.54, 1.807) is 11.1 Å². The third kappa shape index (κ3) is 5.77. The first kappa shape index (κ1) is 18.8. The van der Waals surface area contributed by atoms with Crippen LogP contribution in [0.3, 0.4) is 0 Å². The van der Waals surface area contributed by atoms with Gasteiger partial charge in [-0.15, -0.1) is 0 Å². The van der Waals surface area contributed by atoms with Gasteiger partial charge in [0.2, 0.25) is 5.91 Å². The second-order valence-electron chi connectivity index (χ2n) is 6.49. The number of amides is 2. The van der Waals surface area contributed by atoms with Crippen LogP contribution in [0.5, 0.6) is 5.75 Å². The summed E-state index contributed by atoms with van der Waals surface area (Å²) >= 11 is 0. The van der Waals surface area contributed by atoms with Gasteiger partial charge in [-0.25, -0.2) is 4.98 Å². The van der Waals surface area contributed by atoms with Gasteiger partial charge in [-0.1, -0.05) is 18.2 Å². The molecule has 0 aliphatic carbocycles. The van der Waals surface area contributed by atoms with Crippen LogP contribution in [0.25, 0.3) is 0 Å². The van der Waals surface area contributed by atoms with Gasteiger partial charge in [-0.3, -0.25) is 14.6 Å². The molecule has 0 atom stereocenters. The number of hydrogen-bond donors (Lipinski definition) is 1. The summed E-state index contributed by atoms with van der Waals surface area (Å²) < 4.78 is 5.59. The second-order valence-corrected chi connectivity index (χ2v) is 6.49. The van der Waals surface area contributed by atoms with E-state index in [4.69, 9.17) is 4.74 Å². The molecule has 1 aromatic heterocycles. The van der Waals surface area contributed by atoms with Crippen molar-refractivity contribution in [3.63, 3.8) is 0 Å². The van der Waals surface area contributed by atoms with Gasteiger partial charge >= 0.3 is 0 Å². The maximum atomic E-state index is 12.3. The number of benzene rings is 1. The number of piperidine rings is 1. The lowest BCUT2D eigenvalue weighted by Gasteiger charge is -2.32.